The second-order valence-corrected chi connectivity index (χ2v) is 5.57. The van der Waals surface area contributed by atoms with E-state index in [4.69, 9.17) is 0 Å². The first kappa shape index (κ1) is 13.0. The second-order valence-electron chi connectivity index (χ2n) is 5.57. The van der Waals surface area contributed by atoms with Crippen molar-refractivity contribution in [1.29, 1.82) is 0 Å². The van der Waals surface area contributed by atoms with Gasteiger partial charge in [-0.05, 0) is 24.8 Å². The summed E-state index contributed by atoms with van der Waals surface area (Å²) in [5.41, 5.74) is 0. The Morgan fingerprint density at radius 1 is 1.20 bits per heavy atom. The minimum Gasteiger partial charge on any atom is -0.311 e. The fraction of sp³-hybridized carbons (Fsp3) is 1.00. The Balaban J connectivity index is 2.56. The van der Waals surface area contributed by atoms with Crippen LogP contribution in [0.15, 0.2) is 0 Å². The summed E-state index contributed by atoms with van der Waals surface area (Å²) in [7, 11) is 0. The van der Waals surface area contributed by atoms with E-state index in [0.29, 0.717) is 6.04 Å². The first-order valence-corrected chi connectivity index (χ1v) is 6.53. The van der Waals surface area contributed by atoms with Gasteiger partial charge in [0.1, 0.15) is 0 Å². The minimum atomic E-state index is 0.687. The molecule has 0 amide bonds. The van der Waals surface area contributed by atoms with Gasteiger partial charge in [0.15, 0.2) is 0 Å². The van der Waals surface area contributed by atoms with E-state index in [-0.39, 0.29) is 0 Å². The Morgan fingerprint density at radius 3 is 2.33 bits per heavy atom. The lowest BCUT2D eigenvalue weighted by atomic mass is 9.94. The largest absolute Gasteiger partial charge is 0.311 e. The van der Waals surface area contributed by atoms with E-state index in [9.17, 15) is 0 Å². The van der Waals surface area contributed by atoms with E-state index in [2.05, 4.69) is 44.8 Å². The van der Waals surface area contributed by atoms with Gasteiger partial charge in [0.25, 0.3) is 0 Å². The zero-order valence-corrected chi connectivity index (χ0v) is 11.1. The molecule has 0 bridgehead atoms. The van der Waals surface area contributed by atoms with Crippen LogP contribution in [0.3, 0.4) is 0 Å². The molecule has 0 radical (unpaired) electrons. The van der Waals surface area contributed by atoms with Crippen molar-refractivity contribution in [3.05, 3.63) is 0 Å². The van der Waals surface area contributed by atoms with Gasteiger partial charge in [-0.25, -0.2) is 0 Å². The van der Waals surface area contributed by atoms with Crippen LogP contribution in [-0.2, 0) is 0 Å². The number of nitrogens with one attached hydrogen (secondary N) is 1. The Bertz CT molecular complexity index is 177. The molecule has 0 saturated carbocycles. The zero-order valence-electron chi connectivity index (χ0n) is 11.1. The molecule has 1 rings (SSSR count). The van der Waals surface area contributed by atoms with E-state index >= 15 is 0 Å². The maximum absolute atomic E-state index is 3.70. The molecular formula is C13H28N2. The predicted molar refractivity (Wildman–Crippen MR) is 67.1 cm³/mol. The molecule has 2 atom stereocenters. The first-order valence-electron chi connectivity index (χ1n) is 6.53. The fourth-order valence-corrected chi connectivity index (χ4v) is 2.50. The molecule has 15 heavy (non-hydrogen) atoms. The summed E-state index contributed by atoms with van der Waals surface area (Å²) in [4.78, 5) is 2.69. The molecule has 90 valence electrons. The van der Waals surface area contributed by atoms with Gasteiger partial charge in [0.2, 0.25) is 0 Å². The van der Waals surface area contributed by atoms with E-state index in [0.717, 1.165) is 17.9 Å². The number of nitrogens with zero attached hydrogens (tertiary/aromatic N) is 1. The minimum absolute atomic E-state index is 0.687. The smallest absolute Gasteiger partial charge is 0.0244 e. The van der Waals surface area contributed by atoms with Crippen molar-refractivity contribution in [2.24, 2.45) is 11.8 Å². The highest BCUT2D eigenvalue weighted by Gasteiger charge is 2.30. The molecule has 2 heteroatoms. The van der Waals surface area contributed by atoms with Crippen molar-refractivity contribution in [2.75, 3.05) is 19.6 Å². The summed E-state index contributed by atoms with van der Waals surface area (Å²) in [5.74, 6) is 1.51. The summed E-state index contributed by atoms with van der Waals surface area (Å²) in [5, 5.41) is 3.70. The maximum atomic E-state index is 3.70. The van der Waals surface area contributed by atoms with Crippen LogP contribution in [0.1, 0.15) is 41.0 Å². The Hall–Kier alpha value is -0.0800. The standard InChI is InChI=1S/C13H28N2/c1-6-7-15-9-12(10(2)3)14-8-13(15)11(4)5/h10-14H,6-9H2,1-5H3. The van der Waals surface area contributed by atoms with E-state index < -0.39 is 0 Å². The van der Waals surface area contributed by atoms with E-state index in [1.807, 2.05) is 0 Å². The highest BCUT2D eigenvalue weighted by Crippen LogP contribution is 2.18. The van der Waals surface area contributed by atoms with Crippen molar-refractivity contribution < 1.29 is 0 Å². The molecule has 0 aliphatic carbocycles. The lowest BCUT2D eigenvalue weighted by Gasteiger charge is -2.43. The number of piperazine rings is 1. The lowest BCUT2D eigenvalue weighted by Crippen LogP contribution is -2.59. The van der Waals surface area contributed by atoms with Crippen LogP contribution in [0, 0.1) is 11.8 Å². The van der Waals surface area contributed by atoms with Crippen LogP contribution in [-0.4, -0.2) is 36.6 Å². The predicted octanol–water partition coefficient (Wildman–Crippen LogP) is 2.35. The van der Waals surface area contributed by atoms with Crippen molar-refractivity contribution in [3.8, 4) is 0 Å². The molecule has 1 aliphatic rings. The van der Waals surface area contributed by atoms with Gasteiger partial charge in [-0.15, -0.1) is 0 Å². The third-order valence-corrected chi connectivity index (χ3v) is 3.57. The average molecular weight is 212 g/mol. The summed E-state index contributed by atoms with van der Waals surface area (Å²) in [6.07, 6.45) is 1.27. The van der Waals surface area contributed by atoms with E-state index in [1.165, 1.54) is 26.1 Å². The molecule has 1 fully saturated rings. The van der Waals surface area contributed by atoms with Crippen molar-refractivity contribution in [2.45, 2.75) is 53.1 Å². The van der Waals surface area contributed by atoms with Crippen LogP contribution in [0.2, 0.25) is 0 Å². The Kier molecular flexibility index (Phi) is 5.07. The van der Waals surface area contributed by atoms with Crippen LogP contribution >= 0.6 is 0 Å². The van der Waals surface area contributed by atoms with Crippen LogP contribution in [0.5, 0.6) is 0 Å². The molecule has 1 heterocycles. The molecule has 0 spiro atoms. The normalized spacial score (nSPS) is 29.0. The molecule has 0 aromatic carbocycles. The fourth-order valence-electron chi connectivity index (χ4n) is 2.50. The first-order chi connectivity index (χ1) is 7.06. The summed E-state index contributed by atoms with van der Waals surface area (Å²) in [6, 6.07) is 1.42. The molecule has 1 N–H and O–H groups in total. The molecule has 1 saturated heterocycles. The van der Waals surface area contributed by atoms with Gasteiger partial charge in [-0.3, -0.25) is 4.90 Å². The summed E-state index contributed by atoms with van der Waals surface area (Å²) >= 11 is 0. The topological polar surface area (TPSA) is 15.3 Å². The van der Waals surface area contributed by atoms with Gasteiger partial charge in [0, 0.05) is 25.2 Å². The number of hydrogen-bond acceptors (Lipinski definition) is 2. The summed E-state index contributed by atoms with van der Waals surface area (Å²) in [6.45, 7) is 15.2. The van der Waals surface area contributed by atoms with Crippen molar-refractivity contribution >= 4 is 0 Å². The van der Waals surface area contributed by atoms with Gasteiger partial charge in [-0.1, -0.05) is 34.6 Å². The van der Waals surface area contributed by atoms with Crippen molar-refractivity contribution in [3.63, 3.8) is 0 Å². The molecule has 2 unspecified atom stereocenters. The highest BCUT2D eigenvalue weighted by molar-refractivity contribution is 4.88. The van der Waals surface area contributed by atoms with Crippen LogP contribution < -0.4 is 5.32 Å². The number of hydrogen-bond donors (Lipinski definition) is 1. The van der Waals surface area contributed by atoms with Gasteiger partial charge < -0.3 is 5.32 Å². The average Bonchev–Trinajstić information content (AvgIpc) is 2.17. The van der Waals surface area contributed by atoms with Gasteiger partial charge >= 0.3 is 0 Å². The number of rotatable bonds is 4. The Morgan fingerprint density at radius 2 is 1.87 bits per heavy atom. The van der Waals surface area contributed by atoms with Crippen LogP contribution in [0.4, 0.5) is 0 Å². The quantitative estimate of drug-likeness (QED) is 0.769. The molecule has 0 aromatic heterocycles. The zero-order chi connectivity index (χ0) is 11.4. The highest BCUT2D eigenvalue weighted by atomic mass is 15.2. The summed E-state index contributed by atoms with van der Waals surface area (Å²) < 4.78 is 0. The molecule has 2 nitrogen and oxygen atoms in total. The molecule has 1 aliphatic heterocycles. The van der Waals surface area contributed by atoms with E-state index in [1.54, 1.807) is 0 Å². The third kappa shape index (κ3) is 3.46. The SMILES string of the molecule is CCCN1CC(C(C)C)NCC1C(C)C. The third-order valence-electron chi connectivity index (χ3n) is 3.57. The lowest BCUT2D eigenvalue weighted by molar-refractivity contribution is 0.0854. The second kappa shape index (κ2) is 5.86. The molecule has 0 aromatic rings. The van der Waals surface area contributed by atoms with Crippen molar-refractivity contribution in [1.82, 2.24) is 10.2 Å². The van der Waals surface area contributed by atoms with Gasteiger partial charge in [0.05, 0.1) is 0 Å². The van der Waals surface area contributed by atoms with Gasteiger partial charge in [-0.2, -0.15) is 0 Å². The van der Waals surface area contributed by atoms with Crippen LogP contribution in [0.25, 0.3) is 0 Å². The monoisotopic (exact) mass is 212 g/mol. The molecular weight excluding hydrogens is 184 g/mol. The Labute approximate surface area is 95.4 Å². The maximum Gasteiger partial charge on any atom is 0.0244 e.